The number of benzene rings is 16. The van der Waals surface area contributed by atoms with Gasteiger partial charge in [-0.25, -0.2) is 0 Å². The van der Waals surface area contributed by atoms with Crippen LogP contribution in [0.2, 0.25) is 0 Å². The van der Waals surface area contributed by atoms with Gasteiger partial charge in [0, 0.05) is 65.8 Å². The Bertz CT molecular complexity index is 6940. The maximum atomic E-state index is 9.00. The minimum Gasteiger partial charge on any atom is -0.309 e. The maximum Gasteiger partial charge on any atom is 0.0701 e. The molecule has 102 heavy (non-hydrogen) atoms. The van der Waals surface area contributed by atoms with Crippen LogP contribution in [0.5, 0.6) is 0 Å². The van der Waals surface area contributed by atoms with Gasteiger partial charge in [-0.1, -0.05) is 315 Å². The fourth-order valence-electron chi connectivity index (χ4n) is 16.2. The molecule has 20 aromatic rings. The molecule has 0 amide bonds. The number of hydrogen-bond donors (Lipinski definition) is 0. The van der Waals surface area contributed by atoms with Gasteiger partial charge in [0.05, 0.1) is 71.4 Å². The van der Waals surface area contributed by atoms with E-state index < -0.39 is 35.0 Å². The van der Waals surface area contributed by atoms with Crippen molar-refractivity contribution in [2.24, 2.45) is 0 Å². The Kier molecular flexibility index (Phi) is 11.8. The Labute approximate surface area is 609 Å². The van der Waals surface area contributed by atoms with Gasteiger partial charge < -0.3 is 18.3 Å². The first-order valence-corrected chi connectivity index (χ1v) is 34.2. The molecule has 0 spiro atoms. The van der Waals surface area contributed by atoms with Crippen molar-refractivity contribution < 1.29 is 16.4 Å². The highest BCUT2D eigenvalue weighted by Crippen LogP contribution is 2.48. The van der Waals surface area contributed by atoms with E-state index in [0.717, 1.165) is 93.8 Å². The lowest BCUT2D eigenvalue weighted by Gasteiger charge is -2.37. The number of nitrogens with zero attached hydrogens (tertiary/aromatic N) is 4. The van der Waals surface area contributed by atoms with Gasteiger partial charge >= 0.3 is 0 Å². The third kappa shape index (κ3) is 9.52. The van der Waals surface area contributed by atoms with E-state index in [-0.39, 0.29) is 70.1 Å². The van der Waals surface area contributed by atoms with E-state index in [2.05, 4.69) is 270 Å². The Morgan fingerprint density at radius 3 is 0.696 bits per heavy atom. The number of aromatic nitrogens is 4. The molecular formula is C98H68N4. The molecule has 4 aromatic heterocycles. The molecule has 0 fully saturated rings. The summed E-state index contributed by atoms with van der Waals surface area (Å²) in [7, 11) is 0. The molecule has 0 radical (unpaired) electrons. The number of rotatable bonds is 12. The average molecular weight is 1310 g/mol. The van der Waals surface area contributed by atoms with Crippen LogP contribution in [-0.4, -0.2) is 18.3 Å². The van der Waals surface area contributed by atoms with E-state index in [1.54, 1.807) is 4.57 Å². The molecule has 0 aliphatic rings. The van der Waals surface area contributed by atoms with Gasteiger partial charge in [-0.2, -0.15) is 0 Å². The molecule has 0 bridgehead atoms. The van der Waals surface area contributed by atoms with Gasteiger partial charge in [0.15, 0.2) is 0 Å². The second kappa shape index (κ2) is 24.9. The van der Waals surface area contributed by atoms with E-state index in [1.807, 2.05) is 83.4 Å². The molecule has 0 saturated carbocycles. The molecule has 480 valence electrons. The van der Waals surface area contributed by atoms with Crippen LogP contribution < -0.4 is 0 Å². The highest BCUT2D eigenvalue weighted by molar-refractivity contribution is 6.14. The SMILES string of the molecule is [2H]c1c([2H])c([2H])c2c(c1[2H])c1c([2H])c([2H])c([2H])c([2H])c1n2-c1ccc2c(c1)c1ccccc1n2-c1ccc(C(c2ccccc2)(c2ccccc2)c2ccccc2)cc1.[2H]c1c([2H])c([2H])c2c(c1[2H])c1ccccc1n2-c1ccc2c(c1)c1ccccc1n2-c1ccc(C(c2ccccc2)(c2ccccc2)c2ccccc2)cc1. The molecule has 20 rings (SSSR count). The summed E-state index contributed by atoms with van der Waals surface area (Å²) in [5.74, 6) is 0. The fourth-order valence-corrected chi connectivity index (χ4v) is 16.2. The fraction of sp³-hybridized carbons (Fsp3) is 0.0204. The first-order valence-electron chi connectivity index (χ1n) is 40.2. The molecule has 4 heteroatoms. The van der Waals surface area contributed by atoms with Crippen molar-refractivity contribution in [2.75, 3.05) is 0 Å². The average Bonchev–Trinajstić information content (AvgIpc) is 1.56. The summed E-state index contributed by atoms with van der Waals surface area (Å²) in [5, 5.41) is 5.40. The quantitative estimate of drug-likeness (QED) is 0.109. The zero-order valence-electron chi connectivity index (χ0n) is 67.1. The van der Waals surface area contributed by atoms with Gasteiger partial charge in [0.1, 0.15) is 0 Å². The molecule has 4 heterocycles. The van der Waals surface area contributed by atoms with E-state index in [1.165, 1.54) is 22.3 Å². The molecule has 0 N–H and O–H groups in total. The van der Waals surface area contributed by atoms with Crippen LogP contribution in [0, 0.1) is 0 Å². The van der Waals surface area contributed by atoms with Crippen LogP contribution in [-0.2, 0) is 10.8 Å². The lowest BCUT2D eigenvalue weighted by atomic mass is 9.65. The third-order valence-corrected chi connectivity index (χ3v) is 20.5. The first kappa shape index (κ1) is 48.4. The van der Waals surface area contributed by atoms with Gasteiger partial charge in [-0.15, -0.1) is 0 Å². The number of para-hydroxylation sites is 6. The summed E-state index contributed by atoms with van der Waals surface area (Å²) in [6.07, 6.45) is 0. The smallest absolute Gasteiger partial charge is 0.0701 e. The van der Waals surface area contributed by atoms with E-state index in [9.17, 15) is 0 Å². The summed E-state index contributed by atoms with van der Waals surface area (Å²) >= 11 is 0. The normalized spacial score (nSPS) is 13.6. The highest BCUT2D eigenvalue weighted by atomic mass is 15.0. The molecule has 0 aliphatic carbocycles. The lowest BCUT2D eigenvalue weighted by molar-refractivity contribution is 0.745. The standard InChI is InChI=1S/2C49H34N2/c2*1-4-16-35(17-5-1)49(36-18-6-2-7-19-36,37-20-8-3-9-21-37)38-28-30-39(31-29-38)50-47-27-15-12-24-43(47)44-34-40(32-33-48(44)50)51-45-25-13-10-22-41(45)42-23-11-14-26-46(42)51/h2*1-34H/i10D,11D,13D,14D,22D,23D,25D,26D;10D,13D,22D,25D. The minimum atomic E-state index is -0.606. The largest absolute Gasteiger partial charge is 0.309 e. The van der Waals surface area contributed by atoms with E-state index >= 15 is 0 Å². The summed E-state index contributed by atoms with van der Waals surface area (Å²) in [4.78, 5) is 0. The van der Waals surface area contributed by atoms with E-state index in [0.29, 0.717) is 16.6 Å². The van der Waals surface area contributed by atoms with Gasteiger partial charge in [0.2, 0.25) is 0 Å². The Morgan fingerprint density at radius 1 is 0.167 bits per heavy atom. The molecule has 0 unspecified atom stereocenters. The second-order valence-corrected chi connectivity index (χ2v) is 25.8. The highest BCUT2D eigenvalue weighted by Gasteiger charge is 2.40. The predicted octanol–water partition coefficient (Wildman–Crippen LogP) is 24.5. The van der Waals surface area contributed by atoms with Crippen molar-refractivity contribution in [3.8, 4) is 22.7 Å². The number of fused-ring (bicyclic) bond motifs is 12. The van der Waals surface area contributed by atoms with Crippen LogP contribution in [0.4, 0.5) is 0 Å². The van der Waals surface area contributed by atoms with E-state index in [4.69, 9.17) is 16.4 Å². The third-order valence-electron chi connectivity index (χ3n) is 20.5. The topological polar surface area (TPSA) is 19.7 Å². The van der Waals surface area contributed by atoms with Crippen molar-refractivity contribution in [1.82, 2.24) is 18.3 Å². The van der Waals surface area contributed by atoms with Gasteiger partial charge in [-0.05, 0) is 141 Å². The van der Waals surface area contributed by atoms with Gasteiger partial charge in [0.25, 0.3) is 0 Å². The molecule has 0 aliphatic heterocycles. The van der Waals surface area contributed by atoms with Crippen molar-refractivity contribution in [1.29, 1.82) is 0 Å². The van der Waals surface area contributed by atoms with Crippen molar-refractivity contribution in [3.05, 3.63) is 457 Å². The second-order valence-electron chi connectivity index (χ2n) is 25.8. The lowest BCUT2D eigenvalue weighted by Crippen LogP contribution is -2.30. The predicted molar refractivity (Wildman–Crippen MR) is 427 cm³/mol. The molecule has 16 aromatic carbocycles. The van der Waals surface area contributed by atoms with Crippen molar-refractivity contribution in [2.45, 2.75) is 10.8 Å². The first-order chi connectivity index (χ1) is 55.6. The Hall–Kier alpha value is -13.3. The van der Waals surface area contributed by atoms with Crippen molar-refractivity contribution in [3.63, 3.8) is 0 Å². The van der Waals surface area contributed by atoms with Crippen LogP contribution in [0.15, 0.2) is 412 Å². The molecule has 4 nitrogen and oxygen atoms in total. The Morgan fingerprint density at radius 2 is 0.382 bits per heavy atom. The Balaban J connectivity index is 0.000000153. The number of hydrogen-bond acceptors (Lipinski definition) is 0. The van der Waals surface area contributed by atoms with Gasteiger partial charge in [-0.3, -0.25) is 0 Å². The summed E-state index contributed by atoms with van der Waals surface area (Å²) in [5.41, 5.74) is 16.9. The summed E-state index contributed by atoms with van der Waals surface area (Å²) in [6, 6.07) is 114. The summed E-state index contributed by atoms with van der Waals surface area (Å²) in [6.45, 7) is 0. The zero-order chi connectivity index (χ0) is 78.0. The van der Waals surface area contributed by atoms with Crippen LogP contribution >= 0.6 is 0 Å². The van der Waals surface area contributed by atoms with Crippen LogP contribution in [0.3, 0.4) is 0 Å². The van der Waals surface area contributed by atoms with Crippen LogP contribution in [0.1, 0.15) is 61.0 Å². The molecule has 0 saturated heterocycles. The maximum absolute atomic E-state index is 9.00. The monoisotopic (exact) mass is 1310 g/mol. The minimum absolute atomic E-state index is 0.0251. The summed E-state index contributed by atoms with van der Waals surface area (Å²) < 4.78 is 112. The molecular weight excluding hydrogens is 1230 g/mol. The van der Waals surface area contributed by atoms with Crippen molar-refractivity contribution >= 4 is 87.2 Å². The molecule has 0 atom stereocenters. The van der Waals surface area contributed by atoms with Crippen LogP contribution in [0.25, 0.3) is 110 Å². The zero-order valence-corrected chi connectivity index (χ0v) is 55.1.